The summed E-state index contributed by atoms with van der Waals surface area (Å²) in [7, 11) is 0. The van der Waals surface area contributed by atoms with Gasteiger partial charge >= 0.3 is 5.97 Å². The summed E-state index contributed by atoms with van der Waals surface area (Å²) in [5, 5.41) is 14.6. The molecule has 3 heterocycles. The van der Waals surface area contributed by atoms with Crippen LogP contribution in [0.3, 0.4) is 0 Å². The average Bonchev–Trinajstić information content (AvgIpc) is 2.89. The Kier molecular flexibility index (Phi) is 8.54. The maximum absolute atomic E-state index is 11.5. The van der Waals surface area contributed by atoms with E-state index < -0.39 is 11.4 Å². The van der Waals surface area contributed by atoms with Crippen molar-refractivity contribution in [1.82, 2.24) is 14.9 Å². The first-order valence-electron chi connectivity index (χ1n) is 14.0. The van der Waals surface area contributed by atoms with E-state index in [1.54, 1.807) is 6.07 Å². The van der Waals surface area contributed by atoms with E-state index >= 15 is 0 Å². The minimum atomic E-state index is -0.652. The molecule has 0 spiro atoms. The van der Waals surface area contributed by atoms with Crippen molar-refractivity contribution < 1.29 is 9.90 Å². The highest BCUT2D eigenvalue weighted by Crippen LogP contribution is 2.45. The number of nitrogens with one attached hydrogen (secondary N) is 1. The highest BCUT2D eigenvalue weighted by molar-refractivity contribution is 6.35. The number of likely N-dealkylation sites (tertiary alicyclic amines) is 1. The number of hydrogen-bond donors (Lipinski definition) is 2. The predicted octanol–water partition coefficient (Wildman–Crippen LogP) is 7.10. The number of nitrogens with zero attached hydrogens (tertiary/aromatic N) is 4. The summed E-state index contributed by atoms with van der Waals surface area (Å²) in [5.74, 6) is 2.01. The van der Waals surface area contributed by atoms with Crippen LogP contribution in [-0.2, 0) is 4.79 Å². The SMILES string of the molecule is Cc1nc(N2CCC([C@@H]3CCCN(C4CC(C)(C(=O)O)C4)C3)CC2)nc(N[C@H](C)c2ccc(Cl)cc2Cl)c1Cl. The summed E-state index contributed by atoms with van der Waals surface area (Å²) in [4.78, 5) is 25.9. The first-order chi connectivity index (χ1) is 18.5. The topological polar surface area (TPSA) is 81.6 Å². The number of carbonyl (C=O) groups is 1. The van der Waals surface area contributed by atoms with Crippen LogP contribution >= 0.6 is 34.8 Å². The van der Waals surface area contributed by atoms with Crippen LogP contribution in [0.5, 0.6) is 0 Å². The summed E-state index contributed by atoms with van der Waals surface area (Å²) in [6.07, 6.45) is 6.25. The summed E-state index contributed by atoms with van der Waals surface area (Å²) in [5.41, 5.74) is 1.14. The van der Waals surface area contributed by atoms with Crippen LogP contribution in [0.4, 0.5) is 11.8 Å². The van der Waals surface area contributed by atoms with Crippen molar-refractivity contribution in [3.8, 4) is 0 Å². The molecule has 2 N–H and O–H groups in total. The van der Waals surface area contributed by atoms with Crippen molar-refractivity contribution in [3.63, 3.8) is 0 Å². The van der Waals surface area contributed by atoms with Crippen molar-refractivity contribution in [2.24, 2.45) is 17.3 Å². The van der Waals surface area contributed by atoms with Gasteiger partial charge in [-0.1, -0.05) is 40.9 Å². The fourth-order valence-electron chi connectivity index (χ4n) is 6.66. The number of hydrogen-bond acceptors (Lipinski definition) is 6. The molecule has 3 aliphatic rings. The molecule has 39 heavy (non-hydrogen) atoms. The van der Waals surface area contributed by atoms with Crippen LogP contribution in [0.15, 0.2) is 18.2 Å². The molecule has 10 heteroatoms. The average molecular weight is 595 g/mol. The van der Waals surface area contributed by atoms with Gasteiger partial charge < -0.3 is 20.2 Å². The number of benzene rings is 1. The quantitative estimate of drug-likeness (QED) is 0.354. The Morgan fingerprint density at radius 2 is 1.82 bits per heavy atom. The number of rotatable bonds is 7. The highest BCUT2D eigenvalue weighted by atomic mass is 35.5. The van der Waals surface area contributed by atoms with E-state index in [4.69, 9.17) is 44.8 Å². The summed E-state index contributed by atoms with van der Waals surface area (Å²) in [6.45, 7) is 9.86. The first kappa shape index (κ1) is 28.7. The number of aliphatic carboxylic acids is 1. The molecule has 2 aliphatic heterocycles. The van der Waals surface area contributed by atoms with E-state index in [0.29, 0.717) is 44.7 Å². The summed E-state index contributed by atoms with van der Waals surface area (Å²) < 4.78 is 0. The van der Waals surface area contributed by atoms with Crippen molar-refractivity contribution >= 4 is 52.5 Å². The molecule has 1 aliphatic carbocycles. The van der Waals surface area contributed by atoms with Crippen molar-refractivity contribution in [2.45, 2.75) is 71.4 Å². The molecule has 0 unspecified atom stereocenters. The largest absolute Gasteiger partial charge is 0.481 e. The number of halogens is 3. The van der Waals surface area contributed by atoms with E-state index in [1.165, 1.54) is 12.8 Å². The number of aryl methyl sites for hydroxylation is 1. The molecule has 3 fully saturated rings. The van der Waals surface area contributed by atoms with Gasteiger partial charge in [-0.15, -0.1) is 0 Å². The monoisotopic (exact) mass is 593 g/mol. The van der Waals surface area contributed by atoms with Crippen molar-refractivity contribution in [1.29, 1.82) is 0 Å². The van der Waals surface area contributed by atoms with Gasteiger partial charge in [-0.3, -0.25) is 4.79 Å². The van der Waals surface area contributed by atoms with Crippen LogP contribution in [0.1, 0.15) is 69.7 Å². The molecule has 1 aromatic heterocycles. The van der Waals surface area contributed by atoms with E-state index in [2.05, 4.69) is 15.1 Å². The zero-order valence-corrected chi connectivity index (χ0v) is 25.2. The number of piperidine rings is 2. The Balaban J connectivity index is 1.20. The third-order valence-corrected chi connectivity index (χ3v) is 10.2. The third kappa shape index (κ3) is 6.12. The molecule has 0 radical (unpaired) electrons. The van der Waals surface area contributed by atoms with Gasteiger partial charge in [0.1, 0.15) is 5.02 Å². The second-order valence-electron chi connectivity index (χ2n) is 12.0. The van der Waals surface area contributed by atoms with E-state index in [0.717, 1.165) is 63.1 Å². The lowest BCUT2D eigenvalue weighted by atomic mass is 9.65. The Morgan fingerprint density at radius 1 is 1.10 bits per heavy atom. The van der Waals surface area contributed by atoms with Gasteiger partial charge in [0, 0.05) is 35.7 Å². The lowest BCUT2D eigenvalue weighted by Crippen LogP contribution is -2.56. The smallest absolute Gasteiger partial charge is 0.309 e. The number of carboxylic acid groups (broad SMARTS) is 1. The van der Waals surface area contributed by atoms with Gasteiger partial charge in [0.05, 0.1) is 17.2 Å². The normalized spacial score (nSPS) is 27.2. The highest BCUT2D eigenvalue weighted by Gasteiger charge is 2.49. The first-order valence-corrected chi connectivity index (χ1v) is 15.2. The fraction of sp³-hybridized carbons (Fsp3) is 0.621. The zero-order valence-electron chi connectivity index (χ0n) is 22.9. The van der Waals surface area contributed by atoms with Crippen LogP contribution in [0.2, 0.25) is 15.1 Å². The molecule has 5 rings (SSSR count). The summed E-state index contributed by atoms with van der Waals surface area (Å²) >= 11 is 19.1. The molecule has 0 amide bonds. The third-order valence-electron chi connectivity index (χ3n) is 9.17. The molecule has 212 valence electrons. The van der Waals surface area contributed by atoms with E-state index in [1.807, 2.05) is 32.9 Å². The number of aromatic nitrogens is 2. The van der Waals surface area contributed by atoms with Gasteiger partial charge in [-0.05, 0) is 95.4 Å². The molecule has 2 atom stereocenters. The van der Waals surface area contributed by atoms with Crippen molar-refractivity contribution in [3.05, 3.63) is 44.5 Å². The lowest BCUT2D eigenvalue weighted by Gasteiger charge is -2.51. The van der Waals surface area contributed by atoms with Gasteiger partial charge in [0.2, 0.25) is 5.95 Å². The summed E-state index contributed by atoms with van der Waals surface area (Å²) in [6, 6.07) is 5.80. The van der Waals surface area contributed by atoms with E-state index in [9.17, 15) is 9.90 Å². The van der Waals surface area contributed by atoms with Crippen LogP contribution < -0.4 is 10.2 Å². The van der Waals surface area contributed by atoms with Crippen LogP contribution in [0, 0.1) is 24.2 Å². The Labute approximate surface area is 246 Å². The van der Waals surface area contributed by atoms with Gasteiger partial charge in [0.15, 0.2) is 5.82 Å². The van der Waals surface area contributed by atoms with E-state index in [-0.39, 0.29) is 6.04 Å². The molecular formula is C29H38Cl3N5O2. The second kappa shape index (κ2) is 11.6. The van der Waals surface area contributed by atoms with Gasteiger partial charge in [-0.2, -0.15) is 4.98 Å². The minimum absolute atomic E-state index is 0.113. The maximum atomic E-state index is 11.5. The standard InChI is InChI=1S/C29H38Cl3N5O2/c1-17(23-7-6-21(30)13-24(23)31)33-26-25(32)18(2)34-28(35-26)36-11-8-19(9-12-36)20-5-4-10-37(16-20)22-14-29(3,15-22)27(38)39/h6-7,13,17,19-20,22H,4-5,8-12,14-16H2,1-3H3,(H,38,39)(H,33,34,35)/t17-,20-,22?,29?/m1/s1. The Bertz CT molecular complexity index is 1210. The molecule has 2 saturated heterocycles. The maximum Gasteiger partial charge on any atom is 0.309 e. The predicted molar refractivity (Wildman–Crippen MR) is 158 cm³/mol. The molecule has 1 aromatic carbocycles. The molecule has 1 saturated carbocycles. The second-order valence-corrected chi connectivity index (χ2v) is 13.2. The number of carboxylic acids is 1. The van der Waals surface area contributed by atoms with Crippen LogP contribution in [-0.4, -0.2) is 58.2 Å². The molecular weight excluding hydrogens is 557 g/mol. The van der Waals surface area contributed by atoms with Gasteiger partial charge in [-0.25, -0.2) is 4.98 Å². The number of anilines is 2. The Morgan fingerprint density at radius 3 is 2.49 bits per heavy atom. The van der Waals surface area contributed by atoms with Gasteiger partial charge in [0.25, 0.3) is 0 Å². The fourth-order valence-corrected chi connectivity index (χ4v) is 7.37. The molecule has 0 bridgehead atoms. The van der Waals surface area contributed by atoms with Crippen molar-refractivity contribution in [2.75, 3.05) is 36.4 Å². The lowest BCUT2D eigenvalue weighted by molar-refractivity contribution is -0.158. The van der Waals surface area contributed by atoms with Crippen LogP contribution in [0.25, 0.3) is 0 Å². The minimum Gasteiger partial charge on any atom is -0.481 e. The molecule has 2 aromatic rings. The Hall–Kier alpha value is -1.80. The zero-order chi connectivity index (χ0) is 27.9. The molecule has 7 nitrogen and oxygen atoms in total.